The zero-order valence-corrected chi connectivity index (χ0v) is 18.8. The van der Waals surface area contributed by atoms with Crippen molar-refractivity contribution in [3.8, 4) is 0 Å². The Bertz CT molecular complexity index is 1090. The maximum absolute atomic E-state index is 15.0. The predicted molar refractivity (Wildman–Crippen MR) is 124 cm³/mol. The zero-order valence-electron chi connectivity index (χ0n) is 18.8. The summed E-state index contributed by atoms with van der Waals surface area (Å²) in [6, 6.07) is 16.2. The average Bonchev–Trinajstić information content (AvgIpc) is 3.52. The highest BCUT2D eigenvalue weighted by Crippen LogP contribution is 2.28. The number of benzene rings is 2. The smallest absolute Gasteiger partial charge is 0.290 e. The fraction of sp³-hybridized carbons (Fsp3) is 0.333. The van der Waals surface area contributed by atoms with E-state index in [1.807, 2.05) is 31.2 Å². The van der Waals surface area contributed by atoms with Crippen LogP contribution in [0.25, 0.3) is 0 Å². The first-order chi connectivity index (χ1) is 16.0. The Morgan fingerprint density at radius 2 is 1.79 bits per heavy atom. The minimum atomic E-state index is -1.10. The number of hydrogen-bond acceptors (Lipinski definition) is 3. The molecule has 0 radical (unpaired) electrons. The maximum Gasteiger partial charge on any atom is 0.290 e. The second kappa shape index (κ2) is 10.5. The molecule has 4 rings (SSSR count). The molecule has 1 aliphatic rings. The molecule has 2 amide bonds. The van der Waals surface area contributed by atoms with E-state index in [-0.39, 0.29) is 29.8 Å². The Labute approximate surface area is 193 Å². The van der Waals surface area contributed by atoms with Crippen LogP contribution in [0, 0.1) is 12.7 Å². The number of carbonyl (C=O) groups excluding carboxylic acids is 2. The lowest BCUT2D eigenvalue weighted by molar-refractivity contribution is -0.126. The number of nitrogens with one attached hydrogen (secondary N) is 1. The Kier molecular flexibility index (Phi) is 7.23. The number of nitrogens with zero attached hydrogens (tertiary/aromatic N) is 1. The average molecular weight is 449 g/mol. The zero-order chi connectivity index (χ0) is 23.2. The Morgan fingerprint density at radius 1 is 1.06 bits per heavy atom. The molecule has 1 unspecified atom stereocenters. The molecule has 5 nitrogen and oxygen atoms in total. The predicted octanol–water partition coefficient (Wildman–Crippen LogP) is 5.21. The fourth-order valence-electron chi connectivity index (χ4n) is 4.52. The summed E-state index contributed by atoms with van der Waals surface area (Å²) in [5.41, 5.74) is 2.34. The number of furan rings is 1. The van der Waals surface area contributed by atoms with Gasteiger partial charge in [0.25, 0.3) is 5.91 Å². The summed E-state index contributed by atoms with van der Waals surface area (Å²) >= 11 is 0. The van der Waals surface area contributed by atoms with Gasteiger partial charge in [-0.3, -0.25) is 9.59 Å². The van der Waals surface area contributed by atoms with E-state index in [1.165, 1.54) is 17.2 Å². The van der Waals surface area contributed by atoms with Gasteiger partial charge in [-0.15, -0.1) is 0 Å². The molecule has 1 aromatic heterocycles. The highest BCUT2D eigenvalue weighted by Gasteiger charge is 2.35. The van der Waals surface area contributed by atoms with Gasteiger partial charge in [0.15, 0.2) is 5.76 Å². The SMILES string of the molecule is Cc1ccccc1CCN(C(=O)c1ccco1)C(C(=O)NC1CCCC1)c1ccccc1F. The Hall–Kier alpha value is -3.41. The highest BCUT2D eigenvalue weighted by atomic mass is 19.1. The van der Waals surface area contributed by atoms with Crippen molar-refractivity contribution in [2.45, 2.75) is 51.1 Å². The van der Waals surface area contributed by atoms with E-state index in [0.717, 1.165) is 36.8 Å². The minimum absolute atomic E-state index is 0.0451. The molecule has 1 saturated carbocycles. The third-order valence-corrected chi connectivity index (χ3v) is 6.34. The van der Waals surface area contributed by atoms with Crippen molar-refractivity contribution in [2.75, 3.05) is 6.54 Å². The van der Waals surface area contributed by atoms with Crippen LogP contribution in [0.3, 0.4) is 0 Å². The summed E-state index contributed by atoms with van der Waals surface area (Å²) in [7, 11) is 0. The molecule has 3 aromatic rings. The van der Waals surface area contributed by atoms with Crippen molar-refractivity contribution in [1.82, 2.24) is 10.2 Å². The lowest BCUT2D eigenvalue weighted by atomic mass is 10.0. The van der Waals surface area contributed by atoms with E-state index in [1.54, 1.807) is 30.3 Å². The first-order valence-electron chi connectivity index (χ1n) is 11.5. The van der Waals surface area contributed by atoms with Crippen LogP contribution in [0.15, 0.2) is 71.3 Å². The second-order valence-corrected chi connectivity index (χ2v) is 8.57. The molecule has 172 valence electrons. The van der Waals surface area contributed by atoms with Gasteiger partial charge < -0.3 is 14.6 Å². The summed E-state index contributed by atoms with van der Waals surface area (Å²) in [6.45, 7) is 2.25. The van der Waals surface area contributed by atoms with Crippen LogP contribution in [0.5, 0.6) is 0 Å². The lowest BCUT2D eigenvalue weighted by Gasteiger charge is -2.32. The van der Waals surface area contributed by atoms with E-state index < -0.39 is 17.8 Å². The molecule has 33 heavy (non-hydrogen) atoms. The quantitative estimate of drug-likeness (QED) is 0.514. The van der Waals surface area contributed by atoms with Crippen LogP contribution >= 0.6 is 0 Å². The molecule has 2 aromatic carbocycles. The van der Waals surface area contributed by atoms with Gasteiger partial charge in [-0.25, -0.2) is 4.39 Å². The van der Waals surface area contributed by atoms with E-state index in [4.69, 9.17) is 4.42 Å². The van der Waals surface area contributed by atoms with Gasteiger partial charge in [-0.05, 0) is 55.5 Å². The molecule has 1 fully saturated rings. The number of amides is 2. The number of carbonyl (C=O) groups is 2. The normalized spacial score (nSPS) is 14.7. The third-order valence-electron chi connectivity index (χ3n) is 6.34. The topological polar surface area (TPSA) is 62.6 Å². The fourth-order valence-corrected chi connectivity index (χ4v) is 4.52. The Balaban J connectivity index is 1.70. The van der Waals surface area contributed by atoms with Gasteiger partial charge in [0, 0.05) is 18.2 Å². The summed E-state index contributed by atoms with van der Waals surface area (Å²) < 4.78 is 20.3. The van der Waals surface area contributed by atoms with Crippen LogP contribution < -0.4 is 5.32 Å². The first-order valence-corrected chi connectivity index (χ1v) is 11.5. The van der Waals surface area contributed by atoms with Gasteiger partial charge >= 0.3 is 0 Å². The summed E-state index contributed by atoms with van der Waals surface area (Å²) in [6.07, 6.45) is 5.84. The number of halogens is 1. The van der Waals surface area contributed by atoms with Gasteiger partial charge in [0.1, 0.15) is 11.9 Å². The van der Waals surface area contributed by atoms with Crippen molar-refractivity contribution in [3.63, 3.8) is 0 Å². The first kappa shape index (κ1) is 22.8. The van der Waals surface area contributed by atoms with Crippen LogP contribution in [0.1, 0.15) is 59.0 Å². The molecule has 0 spiro atoms. The molecule has 1 heterocycles. The van der Waals surface area contributed by atoms with Crippen molar-refractivity contribution < 1.29 is 18.4 Å². The number of hydrogen-bond donors (Lipinski definition) is 1. The largest absolute Gasteiger partial charge is 0.459 e. The number of rotatable bonds is 8. The molecule has 0 bridgehead atoms. The molecule has 0 saturated heterocycles. The van der Waals surface area contributed by atoms with Gasteiger partial charge in [0.2, 0.25) is 5.91 Å². The van der Waals surface area contributed by atoms with Crippen molar-refractivity contribution >= 4 is 11.8 Å². The molecule has 0 aliphatic heterocycles. The highest BCUT2D eigenvalue weighted by molar-refractivity contribution is 5.96. The maximum atomic E-state index is 15.0. The van der Waals surface area contributed by atoms with E-state index >= 15 is 0 Å². The van der Waals surface area contributed by atoms with E-state index in [2.05, 4.69) is 5.32 Å². The van der Waals surface area contributed by atoms with Crippen molar-refractivity contribution in [2.24, 2.45) is 0 Å². The standard InChI is InChI=1S/C27H29FN2O3/c1-19-9-2-3-10-20(19)16-17-30(27(32)24-15-8-18-33-24)25(22-13-6-7-14-23(22)28)26(31)29-21-11-4-5-12-21/h2-3,6-10,13-15,18,21,25H,4-5,11-12,16-17H2,1H3,(H,29,31). The van der Waals surface area contributed by atoms with Gasteiger partial charge in [-0.1, -0.05) is 55.3 Å². The monoisotopic (exact) mass is 448 g/mol. The summed E-state index contributed by atoms with van der Waals surface area (Å²) in [4.78, 5) is 28.5. The summed E-state index contributed by atoms with van der Waals surface area (Å²) in [5.74, 6) is -1.20. The molecule has 1 atom stereocenters. The van der Waals surface area contributed by atoms with Gasteiger partial charge in [-0.2, -0.15) is 0 Å². The van der Waals surface area contributed by atoms with E-state index in [9.17, 15) is 14.0 Å². The lowest BCUT2D eigenvalue weighted by Crippen LogP contribution is -2.47. The van der Waals surface area contributed by atoms with Crippen LogP contribution in [-0.4, -0.2) is 29.3 Å². The minimum Gasteiger partial charge on any atom is -0.459 e. The van der Waals surface area contributed by atoms with E-state index in [0.29, 0.717) is 6.42 Å². The molecule has 1 aliphatic carbocycles. The molecule has 6 heteroatoms. The third kappa shape index (κ3) is 5.33. The molecular weight excluding hydrogens is 419 g/mol. The summed E-state index contributed by atoms with van der Waals surface area (Å²) in [5, 5.41) is 3.06. The van der Waals surface area contributed by atoms with Crippen LogP contribution in [-0.2, 0) is 11.2 Å². The Morgan fingerprint density at radius 3 is 2.48 bits per heavy atom. The number of aryl methyl sites for hydroxylation is 1. The molecular formula is C27H29FN2O3. The van der Waals surface area contributed by atoms with Crippen molar-refractivity contribution in [1.29, 1.82) is 0 Å². The van der Waals surface area contributed by atoms with Crippen LogP contribution in [0.2, 0.25) is 0 Å². The van der Waals surface area contributed by atoms with Gasteiger partial charge in [0.05, 0.1) is 6.26 Å². The second-order valence-electron chi connectivity index (χ2n) is 8.57. The van der Waals surface area contributed by atoms with Crippen molar-refractivity contribution in [3.05, 3.63) is 95.2 Å². The van der Waals surface area contributed by atoms with Crippen LogP contribution in [0.4, 0.5) is 4.39 Å². The molecule has 1 N–H and O–H groups in total.